The number of rotatable bonds is 7. The van der Waals surface area contributed by atoms with Crippen molar-refractivity contribution in [3.05, 3.63) is 40.2 Å². The van der Waals surface area contributed by atoms with Crippen molar-refractivity contribution in [2.75, 3.05) is 43.0 Å². The Bertz CT molecular complexity index is 1150. The summed E-state index contributed by atoms with van der Waals surface area (Å²) in [5.74, 6) is 0.110. The molecule has 0 spiro atoms. The van der Waals surface area contributed by atoms with Crippen molar-refractivity contribution >= 4 is 17.4 Å². The molecule has 2 aliphatic heterocycles. The average molecular weight is 535 g/mol. The number of aromatic amines is 1. The van der Waals surface area contributed by atoms with E-state index in [2.05, 4.69) is 20.4 Å². The summed E-state index contributed by atoms with van der Waals surface area (Å²) < 4.78 is 82.9. The third-order valence-electron chi connectivity index (χ3n) is 6.22. The lowest BCUT2D eigenvalue weighted by molar-refractivity contribution is -0.141. The first kappa shape index (κ1) is 26.6. The van der Waals surface area contributed by atoms with Gasteiger partial charge in [-0.25, -0.2) is 15.1 Å². The molecule has 2 fully saturated rings. The van der Waals surface area contributed by atoms with E-state index < -0.39 is 41.0 Å². The van der Waals surface area contributed by atoms with E-state index in [4.69, 9.17) is 4.74 Å². The minimum Gasteiger partial charge on any atom is -0.381 e. The Labute approximate surface area is 206 Å². The van der Waals surface area contributed by atoms with Crippen molar-refractivity contribution in [1.29, 1.82) is 0 Å². The minimum absolute atomic E-state index is 0.0701. The molecule has 0 bridgehead atoms. The summed E-state index contributed by atoms with van der Waals surface area (Å²) in [6.45, 7) is 1.27. The van der Waals surface area contributed by atoms with E-state index in [0.29, 0.717) is 50.9 Å². The van der Waals surface area contributed by atoms with Crippen molar-refractivity contribution in [1.82, 2.24) is 25.1 Å². The first-order valence-corrected chi connectivity index (χ1v) is 11.4. The number of carbonyl (C=O) groups is 1. The highest BCUT2D eigenvalue weighted by Crippen LogP contribution is 2.31. The molecule has 16 heteroatoms. The monoisotopic (exact) mass is 535 g/mol. The number of aromatic nitrogens is 4. The summed E-state index contributed by atoms with van der Waals surface area (Å²) in [4.78, 5) is 35.1. The third-order valence-corrected chi connectivity index (χ3v) is 6.22. The Balaban J connectivity index is 1.24. The topological polar surface area (TPSA) is 116 Å². The molecule has 1 atom stereocenters. The highest BCUT2D eigenvalue weighted by atomic mass is 19.4. The van der Waals surface area contributed by atoms with Crippen LogP contribution in [0.4, 0.5) is 37.8 Å². The number of carbonyl (C=O) groups excluding carboxylic acids is 1. The van der Waals surface area contributed by atoms with E-state index in [1.165, 1.54) is 0 Å². The molecule has 0 aliphatic carbocycles. The van der Waals surface area contributed by atoms with Crippen LogP contribution in [-0.4, -0.2) is 75.9 Å². The molecular formula is C21H23F6N7O3. The van der Waals surface area contributed by atoms with Crippen molar-refractivity contribution in [3.63, 3.8) is 0 Å². The lowest BCUT2D eigenvalue weighted by Crippen LogP contribution is -2.47. The van der Waals surface area contributed by atoms with Crippen LogP contribution in [-0.2, 0) is 21.9 Å². The number of piperidine rings is 1. The quantitative estimate of drug-likeness (QED) is 0.410. The number of halogens is 6. The predicted octanol–water partition coefficient (Wildman–Crippen LogP) is 2.30. The number of alkyl halides is 6. The highest BCUT2D eigenvalue weighted by Gasteiger charge is 2.39. The summed E-state index contributed by atoms with van der Waals surface area (Å²) in [7, 11) is 0. The van der Waals surface area contributed by atoms with Gasteiger partial charge >= 0.3 is 12.4 Å². The molecule has 2 aromatic rings. The van der Waals surface area contributed by atoms with Crippen molar-refractivity contribution < 1.29 is 35.9 Å². The van der Waals surface area contributed by atoms with Crippen LogP contribution in [0.5, 0.6) is 0 Å². The molecule has 2 saturated heterocycles. The van der Waals surface area contributed by atoms with Gasteiger partial charge in [-0.15, -0.1) is 0 Å². The fourth-order valence-corrected chi connectivity index (χ4v) is 4.43. The van der Waals surface area contributed by atoms with E-state index in [1.54, 1.807) is 10.00 Å². The van der Waals surface area contributed by atoms with Gasteiger partial charge in [-0.3, -0.25) is 9.59 Å². The van der Waals surface area contributed by atoms with Crippen molar-refractivity contribution in [3.8, 4) is 0 Å². The van der Waals surface area contributed by atoms with E-state index in [1.807, 2.05) is 4.90 Å². The zero-order valence-electron chi connectivity index (χ0n) is 19.3. The summed E-state index contributed by atoms with van der Waals surface area (Å²) in [6, 6.07) is -0.0747. The lowest BCUT2D eigenvalue weighted by atomic mass is 10.0. The van der Waals surface area contributed by atoms with Gasteiger partial charge < -0.3 is 19.9 Å². The molecule has 2 N–H and O–H groups in total. The fourth-order valence-electron chi connectivity index (χ4n) is 4.43. The summed E-state index contributed by atoms with van der Waals surface area (Å²) in [5.41, 5.74) is -4.30. The van der Waals surface area contributed by atoms with Crippen LogP contribution in [0.1, 0.15) is 30.5 Å². The molecule has 2 aromatic heterocycles. The van der Waals surface area contributed by atoms with Crippen LogP contribution in [0.25, 0.3) is 0 Å². The average Bonchev–Trinajstić information content (AvgIpc) is 3.21. The number of likely N-dealkylation sites (tertiary alicyclic amines) is 1. The van der Waals surface area contributed by atoms with Gasteiger partial charge in [-0.2, -0.15) is 31.4 Å². The largest absolute Gasteiger partial charge is 0.434 e. The van der Waals surface area contributed by atoms with E-state index in [0.717, 1.165) is 12.4 Å². The van der Waals surface area contributed by atoms with Crippen LogP contribution in [0.15, 0.2) is 23.4 Å². The first-order valence-electron chi connectivity index (χ1n) is 11.4. The van der Waals surface area contributed by atoms with E-state index in [-0.39, 0.29) is 25.1 Å². The number of hydrogen-bond donors (Lipinski definition) is 2. The van der Waals surface area contributed by atoms with E-state index in [9.17, 15) is 35.9 Å². The maximum Gasteiger partial charge on any atom is 0.434 e. The smallest absolute Gasteiger partial charge is 0.381 e. The second-order valence-electron chi connectivity index (χ2n) is 8.57. The molecule has 4 rings (SSSR count). The summed E-state index contributed by atoms with van der Waals surface area (Å²) >= 11 is 0. The second kappa shape index (κ2) is 10.5. The standard InChI is InChI=1S/C21H23F6N7O3/c22-20(23,24)15-10-30-16(11-29-15)33-5-1-12(2-6-33)34-7-3-14(19(34)36)37-8-4-28-13-9-31-32-18(35)17(13)21(25,26)27/h9-12,14H,1-8H2,(H2,28,32,35). The number of hydrogen-bond acceptors (Lipinski definition) is 8. The molecule has 0 aromatic carbocycles. The Morgan fingerprint density at radius 1 is 0.973 bits per heavy atom. The minimum atomic E-state index is -4.86. The van der Waals surface area contributed by atoms with Crippen LogP contribution in [0.2, 0.25) is 0 Å². The molecule has 202 valence electrons. The number of nitrogens with one attached hydrogen (secondary N) is 2. The molecule has 0 saturated carbocycles. The third kappa shape index (κ3) is 6.11. The maximum atomic E-state index is 13.1. The maximum absolute atomic E-state index is 13.1. The second-order valence-corrected chi connectivity index (χ2v) is 8.57. The number of H-pyrrole nitrogens is 1. The lowest BCUT2D eigenvalue weighted by Gasteiger charge is -2.37. The Morgan fingerprint density at radius 3 is 2.32 bits per heavy atom. The molecule has 1 unspecified atom stereocenters. The van der Waals surface area contributed by atoms with Crippen LogP contribution < -0.4 is 15.8 Å². The molecule has 0 radical (unpaired) electrons. The number of anilines is 2. The van der Waals surface area contributed by atoms with Gasteiger partial charge in [0, 0.05) is 38.6 Å². The fraction of sp³-hybridized carbons (Fsp3) is 0.571. The summed E-state index contributed by atoms with van der Waals surface area (Å²) in [5, 5.41) is 7.59. The Hall–Kier alpha value is -3.43. The first-order chi connectivity index (χ1) is 17.4. The number of ether oxygens (including phenoxy) is 1. The van der Waals surface area contributed by atoms with Crippen molar-refractivity contribution in [2.45, 2.75) is 43.8 Å². The van der Waals surface area contributed by atoms with E-state index >= 15 is 0 Å². The SMILES string of the molecule is O=C1C(OCCNc2cn[nH]c(=O)c2C(F)(F)F)CCN1C1CCN(c2cnc(C(F)(F)F)cn2)CC1. The van der Waals surface area contributed by atoms with Gasteiger partial charge in [0.2, 0.25) is 0 Å². The Morgan fingerprint density at radius 2 is 1.70 bits per heavy atom. The molecule has 1 amide bonds. The molecule has 37 heavy (non-hydrogen) atoms. The highest BCUT2D eigenvalue weighted by molar-refractivity contribution is 5.83. The van der Waals surface area contributed by atoms with Gasteiger partial charge in [0.15, 0.2) is 5.69 Å². The van der Waals surface area contributed by atoms with Crippen LogP contribution in [0, 0.1) is 0 Å². The molecule has 2 aliphatic rings. The Kier molecular flexibility index (Phi) is 7.57. The zero-order chi connectivity index (χ0) is 26.8. The van der Waals surface area contributed by atoms with Gasteiger partial charge in [0.25, 0.3) is 11.5 Å². The predicted molar refractivity (Wildman–Crippen MR) is 117 cm³/mol. The van der Waals surface area contributed by atoms with Gasteiger partial charge in [0.1, 0.15) is 17.5 Å². The normalized spacial score (nSPS) is 19.5. The number of amides is 1. The summed E-state index contributed by atoms with van der Waals surface area (Å²) in [6.07, 6.45) is -5.94. The molecular weight excluding hydrogens is 512 g/mol. The zero-order valence-corrected chi connectivity index (χ0v) is 19.3. The number of nitrogens with zero attached hydrogens (tertiary/aromatic N) is 5. The molecule has 4 heterocycles. The van der Waals surface area contributed by atoms with Gasteiger partial charge in [0.05, 0.1) is 30.9 Å². The van der Waals surface area contributed by atoms with Crippen LogP contribution in [0.3, 0.4) is 0 Å². The van der Waals surface area contributed by atoms with Crippen molar-refractivity contribution in [2.24, 2.45) is 0 Å². The van der Waals surface area contributed by atoms with Crippen LogP contribution >= 0.6 is 0 Å². The van der Waals surface area contributed by atoms with Gasteiger partial charge in [-0.1, -0.05) is 0 Å². The van der Waals surface area contributed by atoms with Gasteiger partial charge in [-0.05, 0) is 12.8 Å². The molecule has 10 nitrogen and oxygen atoms in total.